The zero-order chi connectivity index (χ0) is 25.0. The minimum atomic E-state index is -0.534. The average Bonchev–Trinajstić information content (AvgIpc) is 3.28. The van der Waals surface area contributed by atoms with Crippen LogP contribution in [0.1, 0.15) is 37.6 Å². The molecule has 0 bridgehead atoms. The van der Waals surface area contributed by atoms with Gasteiger partial charge in [-0.05, 0) is 62.7 Å². The molecule has 1 aliphatic rings. The van der Waals surface area contributed by atoms with Gasteiger partial charge in [0.05, 0.1) is 11.3 Å². The van der Waals surface area contributed by atoms with E-state index in [-0.39, 0.29) is 11.9 Å². The molecule has 1 fully saturated rings. The monoisotopic (exact) mass is 473 g/mol. The number of carbonyl (C=O) groups excluding carboxylic acids is 1. The number of pyridine rings is 1. The van der Waals surface area contributed by atoms with Crippen molar-refractivity contribution in [2.75, 3.05) is 31.1 Å². The Kier molecular flexibility index (Phi) is 6.87. The number of benzene rings is 1. The van der Waals surface area contributed by atoms with Gasteiger partial charge in [-0.3, -0.25) is 4.98 Å². The van der Waals surface area contributed by atoms with Crippen LogP contribution in [0.2, 0.25) is 0 Å². The summed E-state index contributed by atoms with van der Waals surface area (Å²) in [7, 11) is 0. The van der Waals surface area contributed by atoms with Crippen LogP contribution < -0.4 is 4.90 Å². The molecule has 3 aromatic rings. The first kappa shape index (κ1) is 24.0. The van der Waals surface area contributed by atoms with Crippen molar-refractivity contribution in [3.8, 4) is 17.3 Å². The fourth-order valence-corrected chi connectivity index (χ4v) is 3.84. The lowest BCUT2D eigenvalue weighted by atomic mass is 10.1. The number of carbonyl (C=O) groups is 1. The fraction of sp³-hybridized carbons (Fsp3) is 0.296. The van der Waals surface area contributed by atoms with Crippen LogP contribution in [0.3, 0.4) is 0 Å². The Morgan fingerprint density at radius 3 is 2.49 bits per heavy atom. The highest BCUT2D eigenvalue weighted by atomic mass is 19.1. The molecule has 1 aromatic carbocycles. The van der Waals surface area contributed by atoms with Crippen LogP contribution >= 0.6 is 0 Å². The normalized spacial score (nSPS) is 14.3. The predicted octanol–water partition coefficient (Wildman–Crippen LogP) is 5.31. The highest BCUT2D eigenvalue weighted by Crippen LogP contribution is 2.28. The van der Waals surface area contributed by atoms with Crippen LogP contribution in [0.4, 0.5) is 15.0 Å². The van der Waals surface area contributed by atoms with Crippen molar-refractivity contribution in [1.29, 1.82) is 5.26 Å². The van der Waals surface area contributed by atoms with E-state index in [1.165, 1.54) is 12.1 Å². The van der Waals surface area contributed by atoms with E-state index in [1.807, 2.05) is 51.1 Å². The van der Waals surface area contributed by atoms with Gasteiger partial charge in [0.1, 0.15) is 23.3 Å². The number of rotatable bonds is 4. The number of hydrogen-bond acceptors (Lipinski definition) is 5. The van der Waals surface area contributed by atoms with Crippen LogP contribution in [0, 0.1) is 17.1 Å². The molecule has 4 rings (SSSR count). The molecule has 0 saturated carbocycles. The molecular weight excluding hydrogens is 445 g/mol. The summed E-state index contributed by atoms with van der Waals surface area (Å²) >= 11 is 0. The maximum absolute atomic E-state index is 13.1. The average molecular weight is 474 g/mol. The summed E-state index contributed by atoms with van der Waals surface area (Å²) in [6.45, 7) is 7.77. The Bertz CT molecular complexity index is 1260. The Morgan fingerprint density at radius 1 is 1.11 bits per heavy atom. The van der Waals surface area contributed by atoms with Crippen molar-refractivity contribution < 1.29 is 13.9 Å². The van der Waals surface area contributed by atoms with Crippen LogP contribution in [0.15, 0.2) is 48.7 Å². The summed E-state index contributed by atoms with van der Waals surface area (Å²) in [6.07, 6.45) is 5.13. The Morgan fingerprint density at radius 2 is 1.83 bits per heavy atom. The SMILES string of the molecule is CC(C)(C)OC(=O)N1CCN(c2[nH]c(-c3ccnc(C=Cc4ccc(F)cc4)c3)cc2C#N)CC1. The molecule has 35 heavy (non-hydrogen) atoms. The van der Waals surface area contributed by atoms with E-state index in [1.54, 1.807) is 23.2 Å². The number of H-pyrrole nitrogens is 1. The Labute approximate surface area is 204 Å². The number of nitrogens with one attached hydrogen (secondary N) is 1. The first-order valence-corrected chi connectivity index (χ1v) is 11.5. The van der Waals surface area contributed by atoms with E-state index in [0.29, 0.717) is 31.7 Å². The van der Waals surface area contributed by atoms with Gasteiger partial charge in [0.15, 0.2) is 0 Å². The first-order valence-electron chi connectivity index (χ1n) is 11.5. The fourth-order valence-electron chi connectivity index (χ4n) is 3.84. The van der Waals surface area contributed by atoms with E-state index in [0.717, 1.165) is 28.3 Å². The van der Waals surface area contributed by atoms with Gasteiger partial charge in [0.25, 0.3) is 0 Å². The Hall–Kier alpha value is -4.12. The molecule has 0 spiro atoms. The summed E-state index contributed by atoms with van der Waals surface area (Å²) in [4.78, 5) is 23.9. The molecule has 1 aliphatic heterocycles. The van der Waals surface area contributed by atoms with Gasteiger partial charge in [-0.1, -0.05) is 18.2 Å². The number of piperazine rings is 1. The van der Waals surface area contributed by atoms with Crippen LogP contribution in [0.5, 0.6) is 0 Å². The van der Waals surface area contributed by atoms with E-state index < -0.39 is 5.60 Å². The van der Waals surface area contributed by atoms with Gasteiger partial charge in [0, 0.05) is 43.6 Å². The second kappa shape index (κ2) is 10.0. The van der Waals surface area contributed by atoms with Gasteiger partial charge in [-0.25, -0.2) is 9.18 Å². The molecule has 0 atom stereocenters. The second-order valence-electron chi connectivity index (χ2n) is 9.37. The number of halogens is 1. The summed E-state index contributed by atoms with van der Waals surface area (Å²) in [5.74, 6) is 0.468. The van der Waals surface area contributed by atoms with Crippen LogP contribution in [-0.2, 0) is 4.74 Å². The minimum Gasteiger partial charge on any atom is -0.444 e. The van der Waals surface area contributed by atoms with Gasteiger partial charge in [0.2, 0.25) is 0 Å². The maximum Gasteiger partial charge on any atom is 0.410 e. The largest absolute Gasteiger partial charge is 0.444 e. The topological polar surface area (TPSA) is 85.2 Å². The number of ether oxygens (including phenoxy) is 1. The third-order valence-electron chi connectivity index (χ3n) is 5.57. The highest BCUT2D eigenvalue weighted by molar-refractivity contribution is 5.74. The lowest BCUT2D eigenvalue weighted by Gasteiger charge is -2.36. The molecule has 1 saturated heterocycles. The number of nitrogens with zero attached hydrogens (tertiary/aromatic N) is 4. The molecule has 1 N–H and O–H groups in total. The molecular formula is C27H28FN5O2. The van der Waals surface area contributed by atoms with Gasteiger partial charge in [-0.2, -0.15) is 5.26 Å². The molecule has 2 aromatic heterocycles. The van der Waals surface area contributed by atoms with E-state index in [4.69, 9.17) is 4.74 Å². The number of aromatic amines is 1. The Balaban J connectivity index is 1.48. The van der Waals surface area contributed by atoms with E-state index >= 15 is 0 Å². The van der Waals surface area contributed by atoms with E-state index in [2.05, 4.69) is 20.9 Å². The number of anilines is 1. The highest BCUT2D eigenvalue weighted by Gasteiger charge is 2.27. The van der Waals surface area contributed by atoms with Crippen LogP contribution in [-0.4, -0.2) is 52.7 Å². The third kappa shape index (κ3) is 6.07. The predicted molar refractivity (Wildman–Crippen MR) is 134 cm³/mol. The quantitative estimate of drug-likeness (QED) is 0.555. The number of hydrogen-bond donors (Lipinski definition) is 1. The molecule has 0 aliphatic carbocycles. The zero-order valence-corrected chi connectivity index (χ0v) is 20.1. The van der Waals surface area contributed by atoms with Gasteiger partial charge in [-0.15, -0.1) is 0 Å². The van der Waals surface area contributed by atoms with Crippen molar-refractivity contribution in [2.24, 2.45) is 0 Å². The molecule has 1 amide bonds. The lowest BCUT2D eigenvalue weighted by molar-refractivity contribution is 0.0240. The molecule has 3 heterocycles. The summed E-state index contributed by atoms with van der Waals surface area (Å²) in [5.41, 5.74) is 3.34. The molecule has 180 valence electrons. The summed E-state index contributed by atoms with van der Waals surface area (Å²) in [6, 6.07) is 14.2. The lowest BCUT2D eigenvalue weighted by Crippen LogP contribution is -2.50. The molecule has 7 nitrogen and oxygen atoms in total. The molecule has 8 heteroatoms. The third-order valence-corrected chi connectivity index (χ3v) is 5.57. The van der Waals surface area contributed by atoms with E-state index in [9.17, 15) is 14.4 Å². The number of nitriles is 1. The first-order chi connectivity index (χ1) is 16.7. The second-order valence-corrected chi connectivity index (χ2v) is 9.37. The smallest absolute Gasteiger partial charge is 0.410 e. The minimum absolute atomic E-state index is 0.274. The van der Waals surface area contributed by atoms with Gasteiger partial charge < -0.3 is 19.5 Å². The summed E-state index contributed by atoms with van der Waals surface area (Å²) in [5, 5.41) is 9.73. The standard InChI is InChI=1S/C27H28FN5O2/c1-27(2,3)35-26(34)33-14-12-32(13-15-33)25-21(18-29)17-24(31-25)20-10-11-30-23(16-20)9-6-19-4-7-22(28)8-5-19/h4-11,16-17,31H,12-15H2,1-3H3. The molecule has 0 radical (unpaired) electrons. The van der Waals surface area contributed by atoms with Crippen LogP contribution in [0.25, 0.3) is 23.4 Å². The maximum atomic E-state index is 13.1. The van der Waals surface area contributed by atoms with Crippen molar-refractivity contribution in [1.82, 2.24) is 14.9 Å². The van der Waals surface area contributed by atoms with Crippen molar-refractivity contribution >= 4 is 24.1 Å². The van der Waals surface area contributed by atoms with Crippen molar-refractivity contribution in [3.05, 3.63) is 71.3 Å². The van der Waals surface area contributed by atoms with Gasteiger partial charge >= 0.3 is 6.09 Å². The molecule has 0 unspecified atom stereocenters. The van der Waals surface area contributed by atoms with Crippen molar-refractivity contribution in [3.63, 3.8) is 0 Å². The number of aromatic nitrogens is 2. The number of amides is 1. The van der Waals surface area contributed by atoms with Crippen molar-refractivity contribution in [2.45, 2.75) is 26.4 Å². The zero-order valence-electron chi connectivity index (χ0n) is 20.1. The summed E-state index contributed by atoms with van der Waals surface area (Å²) < 4.78 is 18.6.